The molecule has 0 radical (unpaired) electrons. The first-order valence-electron chi connectivity index (χ1n) is 7.29. The van der Waals surface area contributed by atoms with E-state index in [9.17, 15) is 15.2 Å². The van der Waals surface area contributed by atoms with Gasteiger partial charge in [0.2, 0.25) is 11.6 Å². The molecule has 1 N–H and O–H groups in total. The number of hydrogen-bond donors (Lipinski definition) is 1. The number of halogens is 2. The Labute approximate surface area is 164 Å². The van der Waals surface area contributed by atoms with Gasteiger partial charge in [-0.2, -0.15) is 4.98 Å². The predicted octanol–water partition coefficient (Wildman–Crippen LogP) is 4.50. The first-order chi connectivity index (χ1) is 12.7. The summed E-state index contributed by atoms with van der Waals surface area (Å²) in [6.45, 7) is 3.45. The van der Waals surface area contributed by atoms with Crippen molar-refractivity contribution in [1.82, 2.24) is 15.1 Å². The van der Waals surface area contributed by atoms with Gasteiger partial charge < -0.3 is 14.2 Å². The Morgan fingerprint density at radius 1 is 1.30 bits per heavy atom. The second kappa shape index (κ2) is 7.26. The molecule has 3 rings (SSSR count). The van der Waals surface area contributed by atoms with Gasteiger partial charge >= 0.3 is 5.69 Å². The van der Waals surface area contributed by atoms with Crippen molar-refractivity contribution in [2.45, 2.75) is 13.8 Å². The molecule has 12 heteroatoms. The lowest BCUT2D eigenvalue weighted by Crippen LogP contribution is -1.95. The molecule has 0 aliphatic rings. The number of aryl methyl sites for hydroxylation is 1. The third kappa shape index (κ3) is 3.41. The van der Waals surface area contributed by atoms with Crippen LogP contribution in [0.2, 0.25) is 10.2 Å². The number of nitro groups is 1. The molecule has 140 valence electrons. The second-order valence-corrected chi connectivity index (χ2v) is 6.41. The van der Waals surface area contributed by atoms with Crippen molar-refractivity contribution < 1.29 is 19.1 Å². The van der Waals surface area contributed by atoms with Gasteiger partial charge in [0.1, 0.15) is 5.15 Å². The summed E-state index contributed by atoms with van der Waals surface area (Å²) < 4.78 is 10.1. The summed E-state index contributed by atoms with van der Waals surface area (Å²) in [5, 5.41) is 25.4. The fraction of sp³-hybridized carbons (Fsp3) is 0.133. The van der Waals surface area contributed by atoms with Crippen molar-refractivity contribution in [3.05, 3.63) is 43.7 Å². The number of benzene rings is 1. The van der Waals surface area contributed by atoms with Gasteiger partial charge in [-0.3, -0.25) is 10.1 Å². The van der Waals surface area contributed by atoms with Gasteiger partial charge in [0, 0.05) is 6.07 Å². The quantitative estimate of drug-likeness (QED) is 0.278. The Hall–Kier alpha value is -2.48. The molecule has 0 amide bonds. The maximum absolute atomic E-state index is 11.1. The molecule has 1 atom stereocenters. The van der Waals surface area contributed by atoms with Crippen LogP contribution in [0, 0.1) is 24.0 Å². The number of nitro benzene ring substituents is 1. The summed E-state index contributed by atoms with van der Waals surface area (Å²) in [7, 11) is 1.90. The van der Waals surface area contributed by atoms with E-state index in [1.807, 2.05) is 9.47 Å². The minimum atomic E-state index is -0.756. The first kappa shape index (κ1) is 19.3. The van der Waals surface area contributed by atoms with Crippen LogP contribution in [0.5, 0.6) is 11.5 Å². The summed E-state index contributed by atoms with van der Waals surface area (Å²) in [5.41, 5.74) is 1.17. The Morgan fingerprint density at radius 3 is 2.63 bits per heavy atom. The average molecular weight is 429 g/mol. The molecule has 0 aliphatic heterocycles. The van der Waals surface area contributed by atoms with E-state index in [0.717, 1.165) is 6.07 Å². The van der Waals surface area contributed by atoms with E-state index in [1.54, 1.807) is 13.8 Å². The molecular formula is C15H11Cl2N4O5P. The Bertz CT molecular complexity index is 1070. The van der Waals surface area contributed by atoms with E-state index in [0.29, 0.717) is 21.8 Å². The van der Waals surface area contributed by atoms with Gasteiger partial charge in [0.15, 0.2) is 5.75 Å². The monoisotopic (exact) mass is 428 g/mol. The normalized spacial score (nSPS) is 10.9. The van der Waals surface area contributed by atoms with Crippen molar-refractivity contribution in [3.63, 3.8) is 0 Å². The first-order valence-corrected chi connectivity index (χ1v) is 8.52. The third-order valence-corrected chi connectivity index (χ3v) is 4.85. The Balaban J connectivity index is 2.14. The van der Waals surface area contributed by atoms with Crippen LogP contribution < -0.4 is 4.52 Å². The van der Waals surface area contributed by atoms with Gasteiger partial charge in [-0.1, -0.05) is 28.4 Å². The maximum atomic E-state index is 11.1. The number of phenolic OH excluding ortho intramolecular Hbond substituents is 1. The predicted molar refractivity (Wildman–Crippen MR) is 101 cm³/mol. The minimum Gasteiger partial charge on any atom is -0.500 e. The standard InChI is InChI=1S/C15H11Cl2N4O5P/c1-5-10(13(17)18-6(2)11(5)16)14-19-15(25-20-14)7-3-8(21(23)24)12(22)9(4-7)26-27/h3-4,22H,27H2,1-2H3. The molecule has 27 heavy (non-hydrogen) atoms. The van der Waals surface area contributed by atoms with Crippen LogP contribution in [-0.2, 0) is 0 Å². The van der Waals surface area contributed by atoms with Crippen molar-refractivity contribution in [3.8, 4) is 34.3 Å². The number of nitrogens with zero attached hydrogens (tertiary/aromatic N) is 4. The number of rotatable bonds is 4. The SMILES string of the molecule is Cc1nc(Cl)c(-c2noc(-c3cc(OP)c(O)c([N+](=O)[O-])c3)n2)c(C)c1Cl. The Kier molecular flexibility index (Phi) is 5.19. The fourth-order valence-electron chi connectivity index (χ4n) is 2.44. The summed E-state index contributed by atoms with van der Waals surface area (Å²) in [5.74, 6) is -0.681. The summed E-state index contributed by atoms with van der Waals surface area (Å²) in [4.78, 5) is 18.7. The molecule has 0 aliphatic carbocycles. The van der Waals surface area contributed by atoms with Crippen LogP contribution in [0.15, 0.2) is 16.7 Å². The van der Waals surface area contributed by atoms with Crippen molar-refractivity contribution in [1.29, 1.82) is 0 Å². The zero-order chi connectivity index (χ0) is 19.9. The second-order valence-electron chi connectivity index (χ2n) is 5.44. The lowest BCUT2D eigenvalue weighted by Gasteiger charge is -2.08. The van der Waals surface area contributed by atoms with E-state index in [2.05, 4.69) is 15.1 Å². The van der Waals surface area contributed by atoms with Gasteiger partial charge in [-0.25, -0.2) is 4.98 Å². The minimum absolute atomic E-state index is 0.0384. The summed E-state index contributed by atoms with van der Waals surface area (Å²) >= 11 is 12.4. The molecule has 1 unspecified atom stereocenters. The molecule has 1 aromatic carbocycles. The van der Waals surface area contributed by atoms with Crippen molar-refractivity contribution in [2.24, 2.45) is 0 Å². The van der Waals surface area contributed by atoms with Crippen LogP contribution in [0.4, 0.5) is 5.69 Å². The molecule has 0 saturated carbocycles. The molecule has 2 aromatic heterocycles. The van der Waals surface area contributed by atoms with E-state index in [-0.39, 0.29) is 28.2 Å². The maximum Gasteiger partial charge on any atom is 0.315 e. The number of aromatic hydroxyl groups is 1. The average Bonchev–Trinajstić information content (AvgIpc) is 3.09. The third-order valence-electron chi connectivity index (χ3n) is 3.77. The number of hydrogen-bond acceptors (Lipinski definition) is 8. The Morgan fingerprint density at radius 2 is 2.00 bits per heavy atom. The van der Waals surface area contributed by atoms with Crippen LogP contribution >= 0.6 is 32.7 Å². The molecule has 0 bridgehead atoms. The zero-order valence-corrected chi connectivity index (χ0v) is 16.5. The van der Waals surface area contributed by atoms with Gasteiger partial charge in [-0.05, 0) is 25.5 Å². The van der Waals surface area contributed by atoms with Crippen LogP contribution in [0.3, 0.4) is 0 Å². The van der Waals surface area contributed by atoms with E-state index < -0.39 is 16.4 Å². The smallest absolute Gasteiger partial charge is 0.315 e. The van der Waals surface area contributed by atoms with E-state index in [4.69, 9.17) is 32.2 Å². The topological polar surface area (TPSA) is 124 Å². The summed E-state index contributed by atoms with van der Waals surface area (Å²) in [6, 6.07) is 2.41. The zero-order valence-electron chi connectivity index (χ0n) is 13.9. The summed E-state index contributed by atoms with van der Waals surface area (Å²) in [6.07, 6.45) is 0. The van der Waals surface area contributed by atoms with E-state index >= 15 is 0 Å². The van der Waals surface area contributed by atoms with Crippen LogP contribution in [0.1, 0.15) is 11.3 Å². The number of pyridine rings is 1. The molecule has 3 aromatic rings. The molecular weight excluding hydrogens is 418 g/mol. The van der Waals surface area contributed by atoms with Gasteiger partial charge in [-0.15, -0.1) is 0 Å². The highest BCUT2D eigenvalue weighted by Crippen LogP contribution is 2.41. The number of phenols is 1. The lowest BCUT2D eigenvalue weighted by molar-refractivity contribution is -0.385. The largest absolute Gasteiger partial charge is 0.500 e. The van der Waals surface area contributed by atoms with Gasteiger partial charge in [0.05, 0.1) is 36.2 Å². The highest BCUT2D eigenvalue weighted by atomic mass is 35.5. The highest BCUT2D eigenvalue weighted by molar-refractivity contribution is 7.10. The lowest BCUT2D eigenvalue weighted by atomic mass is 10.1. The molecule has 0 fully saturated rings. The molecule has 9 nitrogen and oxygen atoms in total. The fourth-order valence-corrected chi connectivity index (χ4v) is 3.11. The molecule has 2 heterocycles. The number of aromatic nitrogens is 3. The van der Waals surface area contributed by atoms with Crippen molar-refractivity contribution in [2.75, 3.05) is 0 Å². The van der Waals surface area contributed by atoms with Crippen LogP contribution in [-0.4, -0.2) is 25.2 Å². The molecule has 0 saturated heterocycles. The van der Waals surface area contributed by atoms with E-state index in [1.165, 1.54) is 6.07 Å². The van der Waals surface area contributed by atoms with Crippen molar-refractivity contribution >= 4 is 38.4 Å². The van der Waals surface area contributed by atoms with Crippen LogP contribution in [0.25, 0.3) is 22.8 Å². The molecule has 0 spiro atoms. The van der Waals surface area contributed by atoms with Gasteiger partial charge in [0.25, 0.3) is 5.89 Å². The highest BCUT2D eigenvalue weighted by Gasteiger charge is 2.24.